The third-order valence-corrected chi connectivity index (χ3v) is 4.51. The molecule has 7 nitrogen and oxygen atoms in total. The third-order valence-electron chi connectivity index (χ3n) is 4.01. The van der Waals surface area contributed by atoms with Gasteiger partial charge in [0.2, 0.25) is 5.75 Å². The smallest absolute Gasteiger partial charge is 0.311 e. The number of unbranched alkanes of at least 4 members (excludes halogenated alkanes) is 1. The number of benzene rings is 2. The zero-order valence-corrected chi connectivity index (χ0v) is 18.4. The van der Waals surface area contributed by atoms with E-state index in [-0.39, 0.29) is 17.5 Å². The molecule has 0 aliphatic heterocycles. The van der Waals surface area contributed by atoms with Crippen molar-refractivity contribution in [3.8, 4) is 23.0 Å². The molecule has 0 spiro atoms. The van der Waals surface area contributed by atoms with E-state index >= 15 is 0 Å². The van der Waals surface area contributed by atoms with Crippen molar-refractivity contribution in [2.75, 3.05) is 19.5 Å². The van der Waals surface area contributed by atoms with Crippen LogP contribution in [0.1, 0.15) is 38.7 Å². The van der Waals surface area contributed by atoms with E-state index in [0.29, 0.717) is 37.6 Å². The predicted molar refractivity (Wildman–Crippen MR) is 114 cm³/mol. The first-order valence-electron chi connectivity index (χ1n) is 9.90. The van der Waals surface area contributed by atoms with E-state index < -0.39 is 10.1 Å². The van der Waals surface area contributed by atoms with E-state index in [1.165, 1.54) is 0 Å². The second-order valence-corrected chi connectivity index (χ2v) is 8.20. The Balaban J connectivity index is 2.03. The number of rotatable bonds is 12. The fourth-order valence-corrected chi connectivity index (χ4v) is 3.09. The van der Waals surface area contributed by atoms with Crippen molar-refractivity contribution >= 4 is 16.1 Å². The van der Waals surface area contributed by atoms with Crippen LogP contribution in [0.2, 0.25) is 0 Å². The van der Waals surface area contributed by atoms with E-state index in [1.807, 2.05) is 13.8 Å². The van der Waals surface area contributed by atoms with Gasteiger partial charge >= 0.3 is 16.1 Å². The topological polar surface area (TPSA) is 88.1 Å². The molecule has 0 bridgehead atoms. The number of carbonyl (C=O) groups excluding carboxylic acids is 1. The van der Waals surface area contributed by atoms with Crippen LogP contribution in [0.4, 0.5) is 0 Å². The van der Waals surface area contributed by atoms with Crippen LogP contribution in [0.15, 0.2) is 42.5 Å². The van der Waals surface area contributed by atoms with Gasteiger partial charge in [-0.1, -0.05) is 31.5 Å². The van der Waals surface area contributed by atoms with Crippen molar-refractivity contribution in [1.29, 1.82) is 0 Å². The Morgan fingerprint density at radius 1 is 0.967 bits per heavy atom. The molecule has 164 valence electrons. The third kappa shape index (κ3) is 7.94. The molecule has 2 aromatic carbocycles. The Kier molecular flexibility index (Phi) is 8.98. The van der Waals surface area contributed by atoms with Gasteiger partial charge in [0.15, 0.2) is 11.5 Å². The van der Waals surface area contributed by atoms with Crippen molar-refractivity contribution in [1.82, 2.24) is 0 Å². The summed E-state index contributed by atoms with van der Waals surface area (Å²) in [6, 6.07) is 12.0. The molecule has 30 heavy (non-hydrogen) atoms. The lowest BCUT2D eigenvalue weighted by molar-refractivity contribution is -0.134. The molecule has 0 heterocycles. The summed E-state index contributed by atoms with van der Waals surface area (Å²) in [5.41, 5.74) is 0.943. The largest absolute Gasteiger partial charge is 0.490 e. The summed E-state index contributed by atoms with van der Waals surface area (Å²) in [5, 5.41) is 0. The molecule has 0 aromatic heterocycles. The lowest BCUT2D eigenvalue weighted by Crippen LogP contribution is -2.11. The summed E-state index contributed by atoms with van der Waals surface area (Å²) in [6.45, 7) is 4.63. The summed E-state index contributed by atoms with van der Waals surface area (Å²) in [7, 11) is -3.55. The fraction of sp³-hybridized carbons (Fsp3) is 0.409. The van der Waals surface area contributed by atoms with Crippen molar-refractivity contribution in [2.45, 2.75) is 39.5 Å². The number of ether oxygens (including phenoxy) is 3. The van der Waals surface area contributed by atoms with Crippen LogP contribution in [0.5, 0.6) is 23.0 Å². The van der Waals surface area contributed by atoms with Gasteiger partial charge in [0.25, 0.3) is 0 Å². The van der Waals surface area contributed by atoms with Gasteiger partial charge in [0.05, 0.1) is 19.5 Å². The Labute approximate surface area is 178 Å². The van der Waals surface area contributed by atoms with Gasteiger partial charge in [-0.25, -0.2) is 0 Å². The summed E-state index contributed by atoms with van der Waals surface area (Å²) in [5.74, 6) is 1.12. The molecule has 0 atom stereocenters. The molecular formula is C22H28O7S. The summed E-state index contributed by atoms with van der Waals surface area (Å²) >= 11 is 0. The molecular weight excluding hydrogens is 408 g/mol. The molecule has 2 aromatic rings. The summed E-state index contributed by atoms with van der Waals surface area (Å²) in [6.07, 6.45) is 3.56. The van der Waals surface area contributed by atoms with Gasteiger partial charge < -0.3 is 18.4 Å². The predicted octanol–water partition coefficient (Wildman–Crippen LogP) is 4.14. The van der Waals surface area contributed by atoms with Crippen molar-refractivity contribution in [3.05, 3.63) is 48.0 Å². The van der Waals surface area contributed by atoms with Crippen LogP contribution in [-0.4, -0.2) is 33.9 Å². The monoisotopic (exact) mass is 436 g/mol. The minimum atomic E-state index is -3.55. The van der Waals surface area contributed by atoms with E-state index in [1.54, 1.807) is 42.5 Å². The molecule has 0 aliphatic rings. The van der Waals surface area contributed by atoms with Crippen LogP contribution >= 0.6 is 0 Å². The highest BCUT2D eigenvalue weighted by Crippen LogP contribution is 2.37. The minimum absolute atomic E-state index is 0.257. The SMILES string of the molecule is CCCCC(=O)Oc1c(OCC)cccc1OCCc1ccc(OS(C)(=O)=O)cc1. The molecule has 2 rings (SSSR count). The molecule has 0 fully saturated rings. The molecule has 0 aliphatic carbocycles. The summed E-state index contributed by atoms with van der Waals surface area (Å²) < 4.78 is 44.1. The van der Waals surface area contributed by atoms with Gasteiger partial charge in [0.1, 0.15) is 5.75 Å². The highest BCUT2D eigenvalue weighted by atomic mass is 32.2. The minimum Gasteiger partial charge on any atom is -0.490 e. The number of carbonyl (C=O) groups is 1. The molecule has 0 saturated carbocycles. The van der Waals surface area contributed by atoms with Crippen LogP contribution in [0, 0.1) is 0 Å². The molecule has 0 unspecified atom stereocenters. The van der Waals surface area contributed by atoms with Gasteiger partial charge in [-0.2, -0.15) is 8.42 Å². The normalized spacial score (nSPS) is 11.0. The van der Waals surface area contributed by atoms with Crippen molar-refractivity contribution in [3.63, 3.8) is 0 Å². The van der Waals surface area contributed by atoms with Crippen LogP contribution in [-0.2, 0) is 21.3 Å². The van der Waals surface area contributed by atoms with Crippen LogP contribution < -0.4 is 18.4 Å². The first-order valence-corrected chi connectivity index (χ1v) is 11.7. The summed E-state index contributed by atoms with van der Waals surface area (Å²) in [4.78, 5) is 12.1. The molecule has 0 N–H and O–H groups in total. The maximum absolute atomic E-state index is 12.1. The molecule has 8 heteroatoms. The average Bonchev–Trinajstić information content (AvgIpc) is 2.69. The van der Waals surface area contributed by atoms with Crippen molar-refractivity contribution < 1.29 is 31.6 Å². The van der Waals surface area contributed by atoms with Gasteiger partial charge in [-0.15, -0.1) is 0 Å². The zero-order chi connectivity index (χ0) is 22.0. The number of esters is 1. The van der Waals surface area contributed by atoms with Gasteiger partial charge in [0, 0.05) is 12.8 Å². The van der Waals surface area contributed by atoms with Crippen molar-refractivity contribution in [2.24, 2.45) is 0 Å². The lowest BCUT2D eigenvalue weighted by Gasteiger charge is -2.15. The van der Waals surface area contributed by atoms with E-state index in [0.717, 1.165) is 24.7 Å². The first kappa shape index (κ1) is 23.5. The molecule has 0 saturated heterocycles. The first-order chi connectivity index (χ1) is 14.3. The van der Waals surface area contributed by atoms with Crippen LogP contribution in [0.3, 0.4) is 0 Å². The maximum Gasteiger partial charge on any atom is 0.311 e. The second kappa shape index (κ2) is 11.4. The zero-order valence-electron chi connectivity index (χ0n) is 17.6. The molecule has 0 radical (unpaired) electrons. The van der Waals surface area contributed by atoms with E-state index in [2.05, 4.69) is 0 Å². The van der Waals surface area contributed by atoms with Gasteiger partial charge in [-0.05, 0) is 43.2 Å². The average molecular weight is 437 g/mol. The van der Waals surface area contributed by atoms with Gasteiger partial charge in [-0.3, -0.25) is 4.79 Å². The maximum atomic E-state index is 12.1. The highest BCUT2D eigenvalue weighted by molar-refractivity contribution is 7.86. The Morgan fingerprint density at radius 3 is 2.23 bits per heavy atom. The van der Waals surface area contributed by atoms with E-state index in [9.17, 15) is 13.2 Å². The quantitative estimate of drug-likeness (QED) is 0.281. The molecule has 0 amide bonds. The number of para-hydroxylation sites is 1. The van der Waals surface area contributed by atoms with Crippen LogP contribution in [0.25, 0.3) is 0 Å². The Hall–Kier alpha value is -2.74. The standard InChI is InChI=1S/C22H28O7S/c1-4-6-10-21(23)28-22-19(26-5-2)8-7-9-20(22)27-16-15-17-11-13-18(14-12-17)29-30(3,24)25/h7-9,11-14H,4-6,10,15-16H2,1-3H3. The fourth-order valence-electron chi connectivity index (χ4n) is 2.63. The highest BCUT2D eigenvalue weighted by Gasteiger charge is 2.16. The second-order valence-electron chi connectivity index (χ2n) is 6.62. The Morgan fingerprint density at radius 2 is 1.63 bits per heavy atom. The van der Waals surface area contributed by atoms with E-state index in [4.69, 9.17) is 18.4 Å². The number of hydrogen-bond donors (Lipinski definition) is 0. The number of hydrogen-bond acceptors (Lipinski definition) is 7. The Bertz CT molecular complexity index is 921. The lowest BCUT2D eigenvalue weighted by atomic mass is 10.1.